The van der Waals surface area contributed by atoms with Crippen LogP contribution in [0, 0.1) is 0 Å². The largest absolute Gasteiger partial charge is 0.457 e. The van der Waals surface area contributed by atoms with Gasteiger partial charge in [-0.1, -0.05) is 12.1 Å². The summed E-state index contributed by atoms with van der Waals surface area (Å²) in [6, 6.07) is 14.2. The molecule has 2 aromatic carbocycles. The Kier molecular flexibility index (Phi) is 11.2. The van der Waals surface area contributed by atoms with Gasteiger partial charge in [0.25, 0.3) is 0 Å². The van der Waals surface area contributed by atoms with E-state index in [1.54, 1.807) is 0 Å². The summed E-state index contributed by atoms with van der Waals surface area (Å²) in [5, 5.41) is 21.8. The number of hydrogen-bond acceptors (Lipinski definition) is 5. The normalized spacial score (nSPS) is 14.9. The third kappa shape index (κ3) is 8.05. The van der Waals surface area contributed by atoms with E-state index in [2.05, 4.69) is 77.3 Å². The fourth-order valence-corrected chi connectivity index (χ4v) is 5.91. The summed E-state index contributed by atoms with van der Waals surface area (Å²) in [5.74, 6) is 1.71. The minimum atomic E-state index is -0.479. The molecule has 1 heterocycles. The number of ether oxygens (including phenoxy) is 1. The Morgan fingerprint density at radius 2 is 1.00 bits per heavy atom. The van der Waals surface area contributed by atoms with E-state index in [1.807, 2.05) is 24.3 Å². The summed E-state index contributed by atoms with van der Waals surface area (Å²) in [4.78, 5) is 4.95. The van der Waals surface area contributed by atoms with Crippen LogP contribution in [0.5, 0.6) is 11.5 Å². The first kappa shape index (κ1) is 30.6. The first-order chi connectivity index (χ1) is 18.0. The molecule has 1 aliphatic heterocycles. The van der Waals surface area contributed by atoms with Crippen molar-refractivity contribution >= 4 is 0 Å². The van der Waals surface area contributed by atoms with Crippen molar-refractivity contribution in [3.63, 3.8) is 0 Å². The van der Waals surface area contributed by atoms with Gasteiger partial charge < -0.3 is 14.9 Å². The summed E-state index contributed by atoms with van der Waals surface area (Å²) in [6.07, 6.45) is 3.19. The Labute approximate surface area is 231 Å². The molecule has 5 heteroatoms. The van der Waals surface area contributed by atoms with Crippen molar-refractivity contribution in [2.75, 3.05) is 13.1 Å². The van der Waals surface area contributed by atoms with E-state index < -0.39 is 12.2 Å². The third-order valence-corrected chi connectivity index (χ3v) is 7.98. The number of aliphatic hydroxyl groups excluding tert-OH is 2. The Morgan fingerprint density at radius 1 is 0.632 bits per heavy atom. The quantitative estimate of drug-likeness (QED) is 0.233. The first-order valence-corrected chi connectivity index (χ1v) is 14.8. The monoisotopic (exact) mass is 524 g/mol. The smallest absolute Gasteiger partial charge is 0.130 e. The lowest BCUT2D eigenvalue weighted by atomic mass is 9.93. The summed E-state index contributed by atoms with van der Waals surface area (Å²) in [7, 11) is 0. The molecule has 38 heavy (non-hydrogen) atoms. The highest BCUT2D eigenvalue weighted by Gasteiger charge is 2.22. The van der Waals surface area contributed by atoms with Crippen LogP contribution in [-0.2, 0) is 6.42 Å². The molecule has 0 saturated carbocycles. The molecule has 0 bridgehead atoms. The molecule has 2 N–H and O–H groups in total. The molecule has 2 atom stereocenters. The van der Waals surface area contributed by atoms with Crippen molar-refractivity contribution in [1.29, 1.82) is 0 Å². The minimum absolute atomic E-state index is 0.479. The van der Waals surface area contributed by atoms with Crippen LogP contribution in [-0.4, -0.2) is 57.3 Å². The zero-order valence-electron chi connectivity index (χ0n) is 25.1. The van der Waals surface area contributed by atoms with Gasteiger partial charge in [0.15, 0.2) is 0 Å². The van der Waals surface area contributed by atoms with Crippen LogP contribution in [0.25, 0.3) is 0 Å². The standard InChI is InChI=1S/C33H52N2O3/c1-22(2)34(23(3)4)17-9-11-30(36)26-13-15-32-28(19-26)21-29-20-27(14-16-33(29)38-32)31(37)12-10-18-35(24(5)6)25(7)8/h13-16,19-20,22-25,30-31,36-37H,9-12,17-18,21H2,1-8H3. The maximum absolute atomic E-state index is 10.9. The number of benzene rings is 2. The first-order valence-electron chi connectivity index (χ1n) is 14.8. The molecule has 0 spiro atoms. The van der Waals surface area contributed by atoms with Crippen molar-refractivity contribution in [3.8, 4) is 11.5 Å². The maximum atomic E-state index is 10.9. The summed E-state index contributed by atoms with van der Waals surface area (Å²) < 4.78 is 6.20. The van der Waals surface area contributed by atoms with Crippen molar-refractivity contribution in [1.82, 2.24) is 9.80 Å². The van der Waals surface area contributed by atoms with Gasteiger partial charge in [0.05, 0.1) is 12.2 Å². The molecule has 5 nitrogen and oxygen atoms in total. The zero-order valence-corrected chi connectivity index (χ0v) is 25.1. The maximum Gasteiger partial charge on any atom is 0.130 e. The number of hydrogen-bond donors (Lipinski definition) is 2. The van der Waals surface area contributed by atoms with Gasteiger partial charge in [-0.15, -0.1) is 0 Å². The predicted molar refractivity (Wildman–Crippen MR) is 158 cm³/mol. The van der Waals surface area contributed by atoms with Gasteiger partial charge in [-0.25, -0.2) is 0 Å². The number of aliphatic hydroxyl groups is 2. The number of rotatable bonds is 14. The van der Waals surface area contributed by atoms with E-state index in [0.717, 1.165) is 78.9 Å². The van der Waals surface area contributed by atoms with Crippen molar-refractivity contribution in [3.05, 3.63) is 58.7 Å². The fourth-order valence-electron chi connectivity index (χ4n) is 5.91. The van der Waals surface area contributed by atoms with Gasteiger partial charge in [0, 0.05) is 30.6 Å². The molecule has 0 aliphatic carbocycles. The van der Waals surface area contributed by atoms with Gasteiger partial charge >= 0.3 is 0 Å². The van der Waals surface area contributed by atoms with E-state index in [0.29, 0.717) is 24.2 Å². The van der Waals surface area contributed by atoms with Gasteiger partial charge in [-0.05, 0) is 141 Å². The third-order valence-electron chi connectivity index (χ3n) is 7.98. The van der Waals surface area contributed by atoms with Crippen molar-refractivity contribution in [2.45, 2.75) is 124 Å². The predicted octanol–water partition coefficient (Wildman–Crippen LogP) is 7.25. The molecule has 2 aromatic rings. The van der Waals surface area contributed by atoms with Crippen LogP contribution in [0.15, 0.2) is 36.4 Å². The molecular weight excluding hydrogens is 472 g/mol. The summed E-state index contributed by atoms with van der Waals surface area (Å²) >= 11 is 0. The Bertz CT molecular complexity index is 922. The second-order valence-electron chi connectivity index (χ2n) is 12.2. The van der Waals surface area contributed by atoms with Gasteiger partial charge in [0.1, 0.15) is 11.5 Å². The Hall–Kier alpha value is -1.92. The molecule has 212 valence electrons. The molecule has 0 saturated heterocycles. The van der Waals surface area contributed by atoms with E-state index in [4.69, 9.17) is 4.74 Å². The van der Waals surface area contributed by atoms with Crippen LogP contribution < -0.4 is 4.74 Å². The van der Waals surface area contributed by atoms with Gasteiger partial charge in [0.2, 0.25) is 0 Å². The van der Waals surface area contributed by atoms with Gasteiger partial charge in [-0.3, -0.25) is 9.80 Å². The Morgan fingerprint density at radius 3 is 1.34 bits per heavy atom. The van der Waals surface area contributed by atoms with Crippen LogP contribution >= 0.6 is 0 Å². The number of fused-ring (bicyclic) bond motifs is 2. The van der Waals surface area contributed by atoms with Crippen molar-refractivity contribution in [2.24, 2.45) is 0 Å². The Balaban J connectivity index is 1.60. The van der Waals surface area contributed by atoms with Crippen LogP contribution in [0.4, 0.5) is 0 Å². The van der Waals surface area contributed by atoms with E-state index in [9.17, 15) is 10.2 Å². The zero-order chi connectivity index (χ0) is 28.0. The second-order valence-corrected chi connectivity index (χ2v) is 12.2. The lowest BCUT2D eigenvalue weighted by molar-refractivity contribution is 0.135. The average molecular weight is 525 g/mol. The molecular formula is C33H52N2O3. The molecule has 1 aliphatic rings. The lowest BCUT2D eigenvalue weighted by Crippen LogP contribution is -2.37. The van der Waals surface area contributed by atoms with E-state index in [-0.39, 0.29) is 0 Å². The molecule has 0 fully saturated rings. The highest BCUT2D eigenvalue weighted by Crippen LogP contribution is 2.39. The minimum Gasteiger partial charge on any atom is -0.457 e. The molecule has 0 radical (unpaired) electrons. The van der Waals surface area contributed by atoms with Gasteiger partial charge in [-0.2, -0.15) is 0 Å². The van der Waals surface area contributed by atoms with E-state index in [1.165, 1.54) is 0 Å². The van der Waals surface area contributed by atoms with Crippen molar-refractivity contribution < 1.29 is 14.9 Å². The molecule has 0 aromatic heterocycles. The summed E-state index contributed by atoms with van der Waals surface area (Å²) in [5.41, 5.74) is 4.09. The highest BCUT2D eigenvalue weighted by molar-refractivity contribution is 5.52. The number of nitrogens with zero attached hydrogens (tertiary/aromatic N) is 2. The SMILES string of the molecule is CC(C)N(CCCC(O)c1ccc2c(c1)Cc1cc(C(O)CCCN(C(C)C)C(C)C)ccc1O2)C(C)C. The van der Waals surface area contributed by atoms with E-state index >= 15 is 0 Å². The highest BCUT2D eigenvalue weighted by atomic mass is 16.5. The molecule has 2 unspecified atom stereocenters. The fraction of sp³-hybridized carbons (Fsp3) is 0.636. The summed E-state index contributed by atoms with van der Waals surface area (Å²) in [6.45, 7) is 19.8. The second kappa shape index (κ2) is 13.9. The molecule has 0 amide bonds. The van der Waals surface area contributed by atoms with Crippen LogP contribution in [0.1, 0.15) is 116 Å². The lowest BCUT2D eigenvalue weighted by Gasteiger charge is -2.30. The topological polar surface area (TPSA) is 56.2 Å². The average Bonchev–Trinajstić information content (AvgIpc) is 2.85. The molecule has 3 rings (SSSR count). The van der Waals surface area contributed by atoms with Crippen LogP contribution in [0.2, 0.25) is 0 Å². The van der Waals surface area contributed by atoms with Crippen LogP contribution in [0.3, 0.4) is 0 Å².